The van der Waals surface area contributed by atoms with Crippen LogP contribution in [0.4, 0.5) is 0 Å². The van der Waals surface area contributed by atoms with Gasteiger partial charge in [-0.2, -0.15) is 0 Å². The minimum absolute atomic E-state index is 0.783. The zero-order chi connectivity index (χ0) is 11.9. The molecule has 0 amide bonds. The molecule has 3 atom stereocenters. The van der Waals surface area contributed by atoms with Crippen molar-refractivity contribution in [3.8, 4) is 0 Å². The Kier molecular flexibility index (Phi) is 5.79. The second-order valence-corrected chi connectivity index (χ2v) is 6.26. The minimum Gasteiger partial charge on any atom is -0.317 e. The first-order valence-corrected chi connectivity index (χ1v) is 7.78. The third-order valence-electron chi connectivity index (χ3n) is 4.61. The number of hydrogen-bond acceptors (Lipinski definition) is 2. The Bertz CT molecular complexity index is 195. The minimum atomic E-state index is 0.783. The van der Waals surface area contributed by atoms with Crippen LogP contribution >= 0.6 is 0 Å². The SMILES string of the molecule is CC1CCCC(CCNC2CCCNCC2)C1. The molecule has 0 radical (unpaired) electrons. The summed E-state index contributed by atoms with van der Waals surface area (Å²) in [5.41, 5.74) is 0. The summed E-state index contributed by atoms with van der Waals surface area (Å²) in [4.78, 5) is 0. The summed E-state index contributed by atoms with van der Waals surface area (Å²) in [6.45, 7) is 6.11. The predicted octanol–water partition coefficient (Wildman–Crippen LogP) is 2.93. The molecule has 1 heterocycles. The standard InChI is InChI=1S/C15H30N2/c1-13-4-2-5-14(12-13)7-11-17-15-6-3-9-16-10-8-15/h13-17H,2-12H2,1H3. The van der Waals surface area contributed by atoms with Crippen LogP contribution in [0.25, 0.3) is 0 Å². The fourth-order valence-electron chi connectivity index (χ4n) is 3.54. The summed E-state index contributed by atoms with van der Waals surface area (Å²) in [6, 6.07) is 0.783. The molecule has 100 valence electrons. The van der Waals surface area contributed by atoms with E-state index in [1.165, 1.54) is 71.0 Å². The van der Waals surface area contributed by atoms with Crippen LogP contribution in [-0.4, -0.2) is 25.7 Å². The van der Waals surface area contributed by atoms with Crippen molar-refractivity contribution >= 4 is 0 Å². The van der Waals surface area contributed by atoms with Gasteiger partial charge in [0, 0.05) is 6.04 Å². The zero-order valence-corrected chi connectivity index (χ0v) is 11.5. The lowest BCUT2D eigenvalue weighted by molar-refractivity contribution is 0.263. The van der Waals surface area contributed by atoms with E-state index in [1.54, 1.807) is 0 Å². The molecule has 2 nitrogen and oxygen atoms in total. The Labute approximate surface area is 107 Å². The average Bonchev–Trinajstić information content (AvgIpc) is 2.58. The van der Waals surface area contributed by atoms with Crippen LogP contribution in [0.2, 0.25) is 0 Å². The Hall–Kier alpha value is -0.0800. The fraction of sp³-hybridized carbons (Fsp3) is 1.00. The molecule has 2 aliphatic rings. The predicted molar refractivity (Wildman–Crippen MR) is 74.3 cm³/mol. The van der Waals surface area contributed by atoms with E-state index in [0.717, 1.165) is 17.9 Å². The van der Waals surface area contributed by atoms with Crippen molar-refractivity contribution in [2.75, 3.05) is 19.6 Å². The van der Waals surface area contributed by atoms with Crippen molar-refractivity contribution in [2.45, 2.75) is 64.3 Å². The van der Waals surface area contributed by atoms with Gasteiger partial charge in [-0.3, -0.25) is 0 Å². The van der Waals surface area contributed by atoms with Gasteiger partial charge in [0.05, 0.1) is 0 Å². The summed E-state index contributed by atoms with van der Waals surface area (Å²) in [6.07, 6.45) is 11.4. The lowest BCUT2D eigenvalue weighted by Gasteiger charge is -2.27. The van der Waals surface area contributed by atoms with Crippen LogP contribution in [-0.2, 0) is 0 Å². The largest absolute Gasteiger partial charge is 0.317 e. The molecule has 0 spiro atoms. The molecular weight excluding hydrogens is 208 g/mol. The Morgan fingerprint density at radius 3 is 2.88 bits per heavy atom. The molecule has 1 saturated carbocycles. The van der Waals surface area contributed by atoms with Crippen molar-refractivity contribution in [2.24, 2.45) is 11.8 Å². The third-order valence-corrected chi connectivity index (χ3v) is 4.61. The Morgan fingerprint density at radius 1 is 1.06 bits per heavy atom. The molecule has 0 aromatic rings. The fourth-order valence-corrected chi connectivity index (χ4v) is 3.54. The molecule has 2 N–H and O–H groups in total. The first-order valence-electron chi connectivity index (χ1n) is 7.78. The van der Waals surface area contributed by atoms with Gasteiger partial charge in [-0.1, -0.05) is 26.2 Å². The summed E-state index contributed by atoms with van der Waals surface area (Å²) >= 11 is 0. The summed E-state index contributed by atoms with van der Waals surface area (Å²) in [5, 5.41) is 7.27. The van der Waals surface area contributed by atoms with Gasteiger partial charge < -0.3 is 10.6 Å². The van der Waals surface area contributed by atoms with Crippen LogP contribution in [0, 0.1) is 11.8 Å². The number of nitrogens with one attached hydrogen (secondary N) is 2. The van der Waals surface area contributed by atoms with E-state index >= 15 is 0 Å². The monoisotopic (exact) mass is 238 g/mol. The number of rotatable bonds is 4. The van der Waals surface area contributed by atoms with E-state index in [9.17, 15) is 0 Å². The van der Waals surface area contributed by atoms with Crippen molar-refractivity contribution in [3.05, 3.63) is 0 Å². The van der Waals surface area contributed by atoms with Gasteiger partial charge in [-0.05, 0) is 63.6 Å². The second kappa shape index (κ2) is 7.38. The van der Waals surface area contributed by atoms with Crippen molar-refractivity contribution in [1.82, 2.24) is 10.6 Å². The highest BCUT2D eigenvalue weighted by atomic mass is 14.9. The van der Waals surface area contributed by atoms with E-state index in [0.29, 0.717) is 0 Å². The highest BCUT2D eigenvalue weighted by molar-refractivity contribution is 4.75. The van der Waals surface area contributed by atoms with Gasteiger partial charge in [0.15, 0.2) is 0 Å². The first-order chi connectivity index (χ1) is 8.34. The average molecular weight is 238 g/mol. The lowest BCUT2D eigenvalue weighted by atomic mass is 9.81. The van der Waals surface area contributed by atoms with E-state index in [1.807, 2.05) is 0 Å². The van der Waals surface area contributed by atoms with Gasteiger partial charge in [-0.25, -0.2) is 0 Å². The highest BCUT2D eigenvalue weighted by Crippen LogP contribution is 2.30. The molecule has 1 aliphatic heterocycles. The molecule has 2 heteroatoms. The van der Waals surface area contributed by atoms with Crippen molar-refractivity contribution < 1.29 is 0 Å². The van der Waals surface area contributed by atoms with E-state index in [4.69, 9.17) is 0 Å². The van der Waals surface area contributed by atoms with Gasteiger partial charge in [0.25, 0.3) is 0 Å². The summed E-state index contributed by atoms with van der Waals surface area (Å²) in [7, 11) is 0. The first kappa shape index (κ1) is 13.4. The van der Waals surface area contributed by atoms with Crippen molar-refractivity contribution in [1.29, 1.82) is 0 Å². The molecule has 2 fully saturated rings. The van der Waals surface area contributed by atoms with Crippen LogP contribution in [0.15, 0.2) is 0 Å². The Morgan fingerprint density at radius 2 is 2.00 bits per heavy atom. The van der Waals surface area contributed by atoms with Gasteiger partial charge in [0.2, 0.25) is 0 Å². The van der Waals surface area contributed by atoms with Crippen molar-refractivity contribution in [3.63, 3.8) is 0 Å². The zero-order valence-electron chi connectivity index (χ0n) is 11.5. The van der Waals surface area contributed by atoms with Crippen LogP contribution < -0.4 is 10.6 Å². The van der Waals surface area contributed by atoms with Gasteiger partial charge in [-0.15, -0.1) is 0 Å². The molecule has 3 unspecified atom stereocenters. The third kappa shape index (κ3) is 4.97. The smallest absolute Gasteiger partial charge is 0.00796 e. The molecule has 0 aromatic heterocycles. The molecule has 0 aromatic carbocycles. The number of hydrogen-bond donors (Lipinski definition) is 2. The van der Waals surface area contributed by atoms with E-state index < -0.39 is 0 Å². The van der Waals surface area contributed by atoms with Crippen LogP contribution in [0.3, 0.4) is 0 Å². The highest BCUT2D eigenvalue weighted by Gasteiger charge is 2.19. The van der Waals surface area contributed by atoms with E-state index in [2.05, 4.69) is 17.6 Å². The molecular formula is C15H30N2. The molecule has 1 saturated heterocycles. The molecule has 1 aliphatic carbocycles. The molecule has 0 bridgehead atoms. The maximum Gasteiger partial charge on any atom is 0.00796 e. The van der Waals surface area contributed by atoms with Gasteiger partial charge in [0.1, 0.15) is 0 Å². The maximum atomic E-state index is 3.78. The van der Waals surface area contributed by atoms with E-state index in [-0.39, 0.29) is 0 Å². The molecule has 2 rings (SSSR count). The maximum absolute atomic E-state index is 3.78. The van der Waals surface area contributed by atoms with Gasteiger partial charge >= 0.3 is 0 Å². The second-order valence-electron chi connectivity index (χ2n) is 6.26. The molecule has 17 heavy (non-hydrogen) atoms. The lowest BCUT2D eigenvalue weighted by Crippen LogP contribution is -2.32. The van der Waals surface area contributed by atoms with Crippen LogP contribution in [0.1, 0.15) is 58.3 Å². The van der Waals surface area contributed by atoms with Crippen LogP contribution in [0.5, 0.6) is 0 Å². The quantitative estimate of drug-likeness (QED) is 0.787. The topological polar surface area (TPSA) is 24.1 Å². The summed E-state index contributed by atoms with van der Waals surface area (Å²) in [5.74, 6) is 1.99. The Balaban J connectivity index is 1.58. The normalized spacial score (nSPS) is 35.5. The summed E-state index contributed by atoms with van der Waals surface area (Å²) < 4.78 is 0.